The van der Waals surface area contributed by atoms with Gasteiger partial charge in [-0.25, -0.2) is 4.39 Å². The van der Waals surface area contributed by atoms with Gasteiger partial charge in [0, 0.05) is 12.6 Å². The minimum Gasteiger partial charge on any atom is -0.507 e. The Morgan fingerprint density at radius 3 is 2.63 bits per heavy atom. The number of nitrogens with zero attached hydrogens (tertiary/aromatic N) is 1. The number of hydrogen-bond acceptors (Lipinski definition) is 2. The van der Waals surface area contributed by atoms with Crippen molar-refractivity contribution in [2.45, 2.75) is 45.1 Å². The van der Waals surface area contributed by atoms with Gasteiger partial charge in [0.25, 0.3) is 5.91 Å². The summed E-state index contributed by atoms with van der Waals surface area (Å²) in [7, 11) is 0. The van der Waals surface area contributed by atoms with Gasteiger partial charge in [0.05, 0.1) is 0 Å². The fourth-order valence-electron chi connectivity index (χ4n) is 2.83. The summed E-state index contributed by atoms with van der Waals surface area (Å²) in [6.07, 6.45) is 5.35. The average molecular weight is 265 g/mol. The molecule has 0 spiro atoms. The van der Waals surface area contributed by atoms with Gasteiger partial charge in [-0.1, -0.05) is 25.3 Å². The minimum atomic E-state index is -0.653. The Hall–Kier alpha value is -1.58. The highest BCUT2D eigenvalue weighted by Crippen LogP contribution is 2.27. The second kappa shape index (κ2) is 6.04. The quantitative estimate of drug-likeness (QED) is 0.910. The van der Waals surface area contributed by atoms with Crippen LogP contribution in [0.5, 0.6) is 5.75 Å². The molecule has 0 aromatic heterocycles. The average Bonchev–Trinajstić information content (AvgIpc) is 2.40. The van der Waals surface area contributed by atoms with E-state index < -0.39 is 11.7 Å². The van der Waals surface area contributed by atoms with E-state index in [4.69, 9.17) is 0 Å². The molecule has 1 saturated carbocycles. The number of rotatable bonds is 3. The zero-order valence-electron chi connectivity index (χ0n) is 11.2. The lowest BCUT2D eigenvalue weighted by Crippen LogP contribution is -2.41. The van der Waals surface area contributed by atoms with Gasteiger partial charge < -0.3 is 10.0 Å². The zero-order valence-corrected chi connectivity index (χ0v) is 11.2. The third-order valence-electron chi connectivity index (χ3n) is 3.82. The van der Waals surface area contributed by atoms with Crippen molar-refractivity contribution < 1.29 is 14.3 Å². The van der Waals surface area contributed by atoms with E-state index in [1.165, 1.54) is 24.6 Å². The van der Waals surface area contributed by atoms with Gasteiger partial charge in [-0.05, 0) is 31.9 Å². The number of amides is 1. The van der Waals surface area contributed by atoms with E-state index in [-0.39, 0.29) is 17.4 Å². The van der Waals surface area contributed by atoms with Gasteiger partial charge in [0.2, 0.25) is 0 Å². The molecule has 1 N–H and O–H groups in total. The standard InChI is InChI=1S/C15H20FNO2/c1-2-17(11-7-4-3-5-8-11)15(19)14-12(16)9-6-10-13(14)18/h6,9-11,18H,2-5,7-8H2,1H3. The van der Waals surface area contributed by atoms with E-state index in [1.54, 1.807) is 4.90 Å². The molecule has 1 aromatic rings. The van der Waals surface area contributed by atoms with Crippen LogP contribution in [0.3, 0.4) is 0 Å². The summed E-state index contributed by atoms with van der Waals surface area (Å²) in [5.41, 5.74) is -0.199. The van der Waals surface area contributed by atoms with Gasteiger partial charge in [0.1, 0.15) is 17.1 Å². The largest absolute Gasteiger partial charge is 0.507 e. The maximum absolute atomic E-state index is 13.8. The van der Waals surface area contributed by atoms with Crippen LogP contribution in [0.25, 0.3) is 0 Å². The molecule has 0 saturated heterocycles. The molecule has 0 radical (unpaired) electrons. The van der Waals surface area contributed by atoms with Crippen LogP contribution in [-0.2, 0) is 0 Å². The van der Waals surface area contributed by atoms with E-state index in [0.29, 0.717) is 6.54 Å². The van der Waals surface area contributed by atoms with Gasteiger partial charge in [0.15, 0.2) is 0 Å². The van der Waals surface area contributed by atoms with Crippen molar-refractivity contribution in [1.82, 2.24) is 4.90 Å². The van der Waals surface area contributed by atoms with Crippen molar-refractivity contribution in [3.05, 3.63) is 29.6 Å². The summed E-state index contributed by atoms with van der Waals surface area (Å²) in [6, 6.07) is 4.13. The summed E-state index contributed by atoms with van der Waals surface area (Å²) in [6.45, 7) is 2.43. The highest BCUT2D eigenvalue weighted by atomic mass is 19.1. The summed E-state index contributed by atoms with van der Waals surface area (Å²) in [5, 5.41) is 9.72. The molecule has 1 aromatic carbocycles. The molecule has 3 nitrogen and oxygen atoms in total. The second-order valence-electron chi connectivity index (χ2n) is 5.02. The molecule has 19 heavy (non-hydrogen) atoms. The van der Waals surface area contributed by atoms with Gasteiger partial charge in [-0.2, -0.15) is 0 Å². The summed E-state index contributed by atoms with van der Waals surface area (Å²) < 4.78 is 13.8. The van der Waals surface area contributed by atoms with Crippen molar-refractivity contribution in [2.24, 2.45) is 0 Å². The fraction of sp³-hybridized carbons (Fsp3) is 0.533. The lowest BCUT2D eigenvalue weighted by Gasteiger charge is -2.33. The van der Waals surface area contributed by atoms with E-state index in [2.05, 4.69) is 0 Å². The number of benzene rings is 1. The number of halogens is 1. The van der Waals surface area contributed by atoms with Crippen molar-refractivity contribution in [2.75, 3.05) is 6.54 Å². The maximum Gasteiger partial charge on any atom is 0.260 e. The topological polar surface area (TPSA) is 40.5 Å². The van der Waals surface area contributed by atoms with E-state index in [1.807, 2.05) is 6.92 Å². The number of carbonyl (C=O) groups is 1. The normalized spacial score (nSPS) is 16.3. The number of aromatic hydroxyl groups is 1. The van der Waals surface area contributed by atoms with Crippen molar-refractivity contribution in [3.8, 4) is 5.75 Å². The number of carbonyl (C=O) groups excluding carboxylic acids is 1. The zero-order chi connectivity index (χ0) is 13.8. The monoisotopic (exact) mass is 265 g/mol. The van der Waals surface area contributed by atoms with Crippen LogP contribution < -0.4 is 0 Å². The van der Waals surface area contributed by atoms with E-state index in [9.17, 15) is 14.3 Å². The first-order valence-corrected chi connectivity index (χ1v) is 6.93. The number of hydrogen-bond donors (Lipinski definition) is 1. The first-order chi connectivity index (χ1) is 9.15. The van der Waals surface area contributed by atoms with Gasteiger partial charge in [-0.15, -0.1) is 0 Å². The summed E-state index contributed by atoms with van der Waals surface area (Å²) in [5.74, 6) is -1.33. The smallest absolute Gasteiger partial charge is 0.260 e. The Balaban J connectivity index is 2.25. The van der Waals surface area contributed by atoms with Crippen LogP contribution in [-0.4, -0.2) is 28.5 Å². The Kier molecular flexibility index (Phi) is 4.40. The molecule has 0 aliphatic heterocycles. The molecular formula is C15H20FNO2. The molecule has 1 aliphatic carbocycles. The third-order valence-corrected chi connectivity index (χ3v) is 3.82. The molecule has 4 heteroatoms. The third kappa shape index (κ3) is 2.88. The highest BCUT2D eigenvalue weighted by molar-refractivity contribution is 5.97. The SMILES string of the molecule is CCN(C(=O)c1c(O)cccc1F)C1CCCCC1. The predicted molar refractivity (Wildman–Crippen MR) is 71.6 cm³/mol. The molecule has 1 amide bonds. The highest BCUT2D eigenvalue weighted by Gasteiger charge is 2.28. The Morgan fingerprint density at radius 1 is 1.37 bits per heavy atom. The lowest BCUT2D eigenvalue weighted by molar-refractivity contribution is 0.0640. The second-order valence-corrected chi connectivity index (χ2v) is 5.02. The predicted octanol–water partition coefficient (Wildman–Crippen LogP) is 3.33. The molecular weight excluding hydrogens is 245 g/mol. The first kappa shape index (κ1) is 13.8. The Morgan fingerprint density at radius 2 is 2.05 bits per heavy atom. The fourth-order valence-corrected chi connectivity index (χ4v) is 2.83. The molecule has 2 rings (SSSR count). The van der Waals surface area contributed by atoms with Crippen molar-refractivity contribution in [3.63, 3.8) is 0 Å². The van der Waals surface area contributed by atoms with Crippen LogP contribution in [0.1, 0.15) is 49.4 Å². The van der Waals surface area contributed by atoms with Crippen molar-refractivity contribution >= 4 is 5.91 Å². The molecule has 1 aliphatic rings. The van der Waals surface area contributed by atoms with Crippen LogP contribution in [0.2, 0.25) is 0 Å². The molecule has 1 fully saturated rings. The molecule has 0 heterocycles. The van der Waals surface area contributed by atoms with Crippen LogP contribution in [0.15, 0.2) is 18.2 Å². The molecule has 0 atom stereocenters. The first-order valence-electron chi connectivity index (χ1n) is 6.93. The van der Waals surface area contributed by atoms with E-state index >= 15 is 0 Å². The molecule has 0 bridgehead atoms. The van der Waals surface area contributed by atoms with Gasteiger partial charge >= 0.3 is 0 Å². The van der Waals surface area contributed by atoms with Crippen molar-refractivity contribution in [1.29, 1.82) is 0 Å². The van der Waals surface area contributed by atoms with Gasteiger partial charge in [-0.3, -0.25) is 4.79 Å². The molecule has 0 unspecified atom stereocenters. The lowest BCUT2D eigenvalue weighted by atomic mass is 9.93. The molecule has 104 valence electrons. The minimum absolute atomic E-state index is 0.172. The summed E-state index contributed by atoms with van der Waals surface area (Å²) >= 11 is 0. The van der Waals surface area contributed by atoms with E-state index in [0.717, 1.165) is 25.7 Å². The maximum atomic E-state index is 13.8. The Labute approximate surface area is 113 Å². The number of phenolic OH excluding ortho intramolecular Hbond substituents is 1. The Bertz CT molecular complexity index is 435. The number of phenols is 1. The van der Waals surface area contributed by atoms with Crippen LogP contribution >= 0.6 is 0 Å². The summed E-state index contributed by atoms with van der Waals surface area (Å²) in [4.78, 5) is 14.1. The van der Waals surface area contributed by atoms with Crippen LogP contribution in [0, 0.1) is 5.82 Å². The van der Waals surface area contributed by atoms with Crippen LogP contribution in [0.4, 0.5) is 4.39 Å².